The van der Waals surface area contributed by atoms with Crippen LogP contribution in [0.25, 0.3) is 0 Å². The molecule has 0 heterocycles. The summed E-state index contributed by atoms with van der Waals surface area (Å²) >= 11 is 0. The molecule has 0 bridgehead atoms. The molecule has 4 nitrogen and oxygen atoms in total. The molecule has 0 unspecified atom stereocenters. The van der Waals surface area contributed by atoms with Gasteiger partial charge in [-0.05, 0) is 46.5 Å². The van der Waals surface area contributed by atoms with E-state index in [4.69, 9.17) is 9.47 Å². The molecule has 1 saturated carbocycles. The van der Waals surface area contributed by atoms with Gasteiger partial charge in [0.15, 0.2) is 0 Å². The second-order valence-electron chi connectivity index (χ2n) is 5.79. The fourth-order valence-electron chi connectivity index (χ4n) is 2.28. The van der Waals surface area contributed by atoms with E-state index in [0.717, 1.165) is 25.7 Å². The van der Waals surface area contributed by atoms with Crippen molar-refractivity contribution in [3.05, 3.63) is 0 Å². The molecule has 0 atom stereocenters. The summed E-state index contributed by atoms with van der Waals surface area (Å²) in [5, 5.41) is 3.59. The molecule has 100 valence electrons. The monoisotopic (exact) mass is 243 g/mol. The van der Waals surface area contributed by atoms with Gasteiger partial charge in [0.1, 0.15) is 12.7 Å². The number of hydrogen-bond donors (Lipinski definition) is 1. The van der Waals surface area contributed by atoms with Crippen molar-refractivity contribution in [2.45, 2.75) is 64.1 Å². The Hall–Kier alpha value is -0.610. The van der Waals surface area contributed by atoms with Crippen LogP contribution in [-0.4, -0.2) is 37.4 Å². The first-order chi connectivity index (χ1) is 7.90. The number of carbonyl (C=O) groups is 1. The molecule has 1 rings (SSSR count). The van der Waals surface area contributed by atoms with Crippen LogP contribution in [0.2, 0.25) is 0 Å². The Kier molecular flexibility index (Phi) is 5.40. The zero-order chi connectivity index (χ0) is 12.9. The van der Waals surface area contributed by atoms with Gasteiger partial charge in [-0.3, -0.25) is 0 Å². The van der Waals surface area contributed by atoms with Crippen molar-refractivity contribution in [3.63, 3.8) is 0 Å². The van der Waals surface area contributed by atoms with Gasteiger partial charge in [-0.15, -0.1) is 0 Å². The van der Waals surface area contributed by atoms with Gasteiger partial charge in [0, 0.05) is 18.7 Å². The Morgan fingerprint density at radius 3 is 2.29 bits per heavy atom. The van der Waals surface area contributed by atoms with Crippen molar-refractivity contribution in [2.75, 3.05) is 13.7 Å². The van der Waals surface area contributed by atoms with E-state index in [1.165, 1.54) is 7.11 Å². The molecule has 0 amide bonds. The van der Waals surface area contributed by atoms with Gasteiger partial charge in [-0.2, -0.15) is 0 Å². The van der Waals surface area contributed by atoms with Gasteiger partial charge < -0.3 is 14.8 Å². The highest BCUT2D eigenvalue weighted by Gasteiger charge is 2.26. The lowest BCUT2D eigenvalue weighted by Gasteiger charge is -2.34. The van der Waals surface area contributed by atoms with E-state index in [1.54, 1.807) is 0 Å². The highest BCUT2D eigenvalue weighted by Crippen LogP contribution is 2.22. The Morgan fingerprint density at radius 1 is 1.24 bits per heavy atom. The summed E-state index contributed by atoms with van der Waals surface area (Å²) in [5.41, 5.74) is 0.157. The van der Waals surface area contributed by atoms with E-state index in [1.807, 2.05) is 0 Å². The SMILES string of the molecule is COCC(=O)O[C@H]1CC[C@H](NC(C)(C)C)CC1. The van der Waals surface area contributed by atoms with Crippen LogP contribution in [0.5, 0.6) is 0 Å². The quantitative estimate of drug-likeness (QED) is 0.766. The number of nitrogens with one attached hydrogen (secondary N) is 1. The van der Waals surface area contributed by atoms with Gasteiger partial charge in [0.05, 0.1) is 0 Å². The van der Waals surface area contributed by atoms with Crippen LogP contribution in [-0.2, 0) is 14.3 Å². The lowest BCUT2D eigenvalue weighted by atomic mass is 9.91. The molecule has 0 saturated heterocycles. The first-order valence-corrected chi connectivity index (χ1v) is 6.37. The third kappa shape index (κ3) is 6.03. The van der Waals surface area contributed by atoms with Crippen molar-refractivity contribution in [2.24, 2.45) is 0 Å². The topological polar surface area (TPSA) is 47.6 Å². The van der Waals surface area contributed by atoms with Crippen molar-refractivity contribution < 1.29 is 14.3 Å². The fraction of sp³-hybridized carbons (Fsp3) is 0.923. The molecule has 0 aliphatic heterocycles. The molecule has 0 aromatic heterocycles. The van der Waals surface area contributed by atoms with Crippen LogP contribution in [0.1, 0.15) is 46.5 Å². The van der Waals surface area contributed by atoms with Crippen molar-refractivity contribution >= 4 is 5.97 Å². The summed E-state index contributed by atoms with van der Waals surface area (Å²) in [6, 6.07) is 0.548. The zero-order valence-electron chi connectivity index (χ0n) is 11.4. The van der Waals surface area contributed by atoms with E-state index >= 15 is 0 Å². The standard InChI is InChI=1S/C13H25NO3/c1-13(2,3)14-10-5-7-11(8-6-10)17-12(15)9-16-4/h10-11,14H,5-9H2,1-4H3/t10-,11-. The lowest BCUT2D eigenvalue weighted by molar-refractivity contribution is -0.155. The molecular formula is C13H25NO3. The highest BCUT2D eigenvalue weighted by molar-refractivity contribution is 5.70. The normalized spacial score (nSPS) is 25.6. The van der Waals surface area contributed by atoms with Crippen LogP contribution < -0.4 is 5.32 Å². The first kappa shape index (κ1) is 14.5. The second-order valence-corrected chi connectivity index (χ2v) is 5.79. The molecule has 1 aliphatic rings. The first-order valence-electron chi connectivity index (χ1n) is 6.37. The van der Waals surface area contributed by atoms with Gasteiger partial charge in [-0.1, -0.05) is 0 Å². The minimum absolute atomic E-state index is 0.0557. The summed E-state index contributed by atoms with van der Waals surface area (Å²) in [6.45, 7) is 6.59. The average molecular weight is 243 g/mol. The van der Waals surface area contributed by atoms with Gasteiger partial charge in [-0.25, -0.2) is 4.79 Å². The third-order valence-electron chi connectivity index (χ3n) is 2.87. The number of esters is 1. The Bertz CT molecular complexity index is 240. The molecule has 17 heavy (non-hydrogen) atoms. The van der Waals surface area contributed by atoms with E-state index in [9.17, 15) is 4.79 Å². The van der Waals surface area contributed by atoms with Gasteiger partial charge >= 0.3 is 5.97 Å². The molecule has 0 aromatic carbocycles. The van der Waals surface area contributed by atoms with Crippen LogP contribution in [0.4, 0.5) is 0 Å². The van der Waals surface area contributed by atoms with Gasteiger partial charge in [0.25, 0.3) is 0 Å². The third-order valence-corrected chi connectivity index (χ3v) is 2.87. The molecule has 1 fully saturated rings. The number of ether oxygens (including phenoxy) is 2. The second kappa shape index (κ2) is 6.36. The zero-order valence-corrected chi connectivity index (χ0v) is 11.4. The maximum absolute atomic E-state index is 11.3. The highest BCUT2D eigenvalue weighted by atomic mass is 16.6. The average Bonchev–Trinajstić information content (AvgIpc) is 2.19. The maximum atomic E-state index is 11.3. The summed E-state index contributed by atoms with van der Waals surface area (Å²) in [6.07, 6.45) is 4.12. The summed E-state index contributed by atoms with van der Waals surface area (Å²) < 4.78 is 10.1. The van der Waals surface area contributed by atoms with E-state index in [2.05, 4.69) is 26.1 Å². The molecule has 0 aromatic rings. The molecule has 4 heteroatoms. The maximum Gasteiger partial charge on any atom is 0.332 e. The molecule has 1 N–H and O–H groups in total. The smallest absolute Gasteiger partial charge is 0.332 e. The van der Waals surface area contributed by atoms with Crippen LogP contribution in [0, 0.1) is 0 Å². The van der Waals surface area contributed by atoms with E-state index in [-0.39, 0.29) is 24.2 Å². The number of methoxy groups -OCH3 is 1. The number of hydrogen-bond acceptors (Lipinski definition) is 4. The van der Waals surface area contributed by atoms with E-state index < -0.39 is 0 Å². The molecule has 1 aliphatic carbocycles. The molecular weight excluding hydrogens is 218 g/mol. The minimum Gasteiger partial charge on any atom is -0.461 e. The predicted octanol–water partition coefficient (Wildman–Crippen LogP) is 1.88. The Morgan fingerprint density at radius 2 is 1.82 bits per heavy atom. The minimum atomic E-state index is -0.250. The Labute approximate surface area is 104 Å². The predicted molar refractivity (Wildman–Crippen MR) is 66.9 cm³/mol. The summed E-state index contributed by atoms with van der Waals surface area (Å²) in [5.74, 6) is -0.250. The van der Waals surface area contributed by atoms with Crippen molar-refractivity contribution in [1.82, 2.24) is 5.32 Å². The lowest BCUT2D eigenvalue weighted by Crippen LogP contribution is -2.46. The molecule has 0 radical (unpaired) electrons. The molecule has 0 spiro atoms. The number of carbonyl (C=O) groups excluding carboxylic acids is 1. The van der Waals surface area contributed by atoms with E-state index in [0.29, 0.717) is 6.04 Å². The van der Waals surface area contributed by atoms with Gasteiger partial charge in [0.2, 0.25) is 0 Å². The Balaban J connectivity index is 2.24. The van der Waals surface area contributed by atoms with Crippen molar-refractivity contribution in [3.8, 4) is 0 Å². The van der Waals surface area contributed by atoms with Crippen LogP contribution in [0.15, 0.2) is 0 Å². The van der Waals surface area contributed by atoms with Crippen LogP contribution in [0.3, 0.4) is 0 Å². The fourth-order valence-corrected chi connectivity index (χ4v) is 2.28. The van der Waals surface area contributed by atoms with Crippen molar-refractivity contribution in [1.29, 1.82) is 0 Å². The number of rotatable bonds is 4. The largest absolute Gasteiger partial charge is 0.461 e. The van der Waals surface area contributed by atoms with Crippen LogP contribution >= 0.6 is 0 Å². The summed E-state index contributed by atoms with van der Waals surface area (Å²) in [7, 11) is 1.51. The summed E-state index contributed by atoms with van der Waals surface area (Å²) in [4.78, 5) is 11.3.